The van der Waals surface area contributed by atoms with Gasteiger partial charge in [-0.25, -0.2) is 9.18 Å². The van der Waals surface area contributed by atoms with Crippen molar-refractivity contribution in [3.05, 3.63) is 24.0 Å². The van der Waals surface area contributed by atoms with Gasteiger partial charge in [-0.3, -0.25) is 14.5 Å². The highest BCUT2D eigenvalue weighted by Gasteiger charge is 2.36. The van der Waals surface area contributed by atoms with Gasteiger partial charge < -0.3 is 24.6 Å². The molecule has 0 aromatic heterocycles. The predicted octanol–water partition coefficient (Wildman–Crippen LogP) is 1.50. The Balaban J connectivity index is 1.35. The van der Waals surface area contributed by atoms with Gasteiger partial charge >= 0.3 is 6.09 Å². The van der Waals surface area contributed by atoms with Crippen molar-refractivity contribution in [3.63, 3.8) is 0 Å². The van der Waals surface area contributed by atoms with Crippen LogP contribution in [-0.2, 0) is 19.1 Å². The minimum Gasteiger partial charge on any atom is -0.442 e. The summed E-state index contributed by atoms with van der Waals surface area (Å²) in [7, 11) is 0. The van der Waals surface area contributed by atoms with Crippen molar-refractivity contribution in [2.24, 2.45) is 11.8 Å². The maximum absolute atomic E-state index is 15.1. The number of nitrogens with zero attached hydrogens (tertiary/aromatic N) is 4. The van der Waals surface area contributed by atoms with Crippen molar-refractivity contribution >= 4 is 29.3 Å². The van der Waals surface area contributed by atoms with Crippen molar-refractivity contribution in [2.45, 2.75) is 25.9 Å². The molecule has 1 aromatic rings. The molecule has 0 saturated carbocycles. The molecule has 1 unspecified atom stereocenters. The van der Waals surface area contributed by atoms with Gasteiger partial charge in [-0.2, -0.15) is 5.26 Å². The first-order chi connectivity index (χ1) is 16.9. The fraction of sp³-hybridized carbons (Fsp3) is 0.583. The molecule has 3 heterocycles. The number of nitriles is 1. The zero-order valence-electron chi connectivity index (χ0n) is 19.7. The second-order valence-corrected chi connectivity index (χ2v) is 9.06. The van der Waals surface area contributed by atoms with Crippen LogP contribution in [0.3, 0.4) is 0 Å². The molecule has 3 amide bonds. The third-order valence-corrected chi connectivity index (χ3v) is 6.78. The van der Waals surface area contributed by atoms with E-state index < -0.39 is 23.9 Å². The number of ether oxygens (including phenoxy) is 2. The second kappa shape index (κ2) is 10.9. The van der Waals surface area contributed by atoms with Crippen LogP contribution in [0.5, 0.6) is 0 Å². The molecule has 0 aliphatic carbocycles. The summed E-state index contributed by atoms with van der Waals surface area (Å²) in [6.45, 7) is 4.85. The number of carbonyl (C=O) groups excluding carboxylic acids is 3. The monoisotopic (exact) mass is 487 g/mol. The summed E-state index contributed by atoms with van der Waals surface area (Å²) in [5, 5.41) is 12.3. The average molecular weight is 488 g/mol. The Morgan fingerprint density at radius 2 is 1.94 bits per heavy atom. The van der Waals surface area contributed by atoms with Gasteiger partial charge in [0, 0.05) is 33.1 Å². The molecule has 188 valence electrons. The van der Waals surface area contributed by atoms with Crippen LogP contribution >= 0.6 is 0 Å². The van der Waals surface area contributed by atoms with E-state index in [0.717, 1.165) is 0 Å². The molecule has 0 bridgehead atoms. The Morgan fingerprint density at radius 1 is 1.23 bits per heavy atom. The zero-order valence-corrected chi connectivity index (χ0v) is 19.7. The van der Waals surface area contributed by atoms with Crippen molar-refractivity contribution < 1.29 is 28.2 Å². The third-order valence-electron chi connectivity index (χ3n) is 6.78. The number of rotatable bonds is 6. The molecule has 1 aromatic carbocycles. The van der Waals surface area contributed by atoms with E-state index in [2.05, 4.69) is 11.4 Å². The Hall–Kier alpha value is -3.39. The average Bonchev–Trinajstić information content (AvgIpc) is 3.24. The fourth-order valence-corrected chi connectivity index (χ4v) is 4.83. The summed E-state index contributed by atoms with van der Waals surface area (Å²) in [6, 6.07) is 6.82. The van der Waals surface area contributed by atoms with E-state index in [1.807, 2.05) is 4.90 Å². The molecule has 3 aliphatic heterocycles. The number of piperidine rings is 1. The quantitative estimate of drug-likeness (QED) is 0.647. The van der Waals surface area contributed by atoms with E-state index in [4.69, 9.17) is 9.47 Å². The lowest BCUT2D eigenvalue weighted by atomic mass is 9.84. The Bertz CT molecular complexity index is 1000. The molecule has 3 aliphatic rings. The highest BCUT2D eigenvalue weighted by atomic mass is 19.1. The summed E-state index contributed by atoms with van der Waals surface area (Å²) in [6.07, 6.45) is 0.139. The first-order valence-corrected chi connectivity index (χ1v) is 11.9. The Kier molecular flexibility index (Phi) is 7.70. The molecular weight excluding hydrogens is 457 g/mol. The lowest BCUT2D eigenvalue weighted by Gasteiger charge is -2.37. The smallest absolute Gasteiger partial charge is 0.414 e. The topological polar surface area (TPSA) is 115 Å². The minimum absolute atomic E-state index is 0.0751. The summed E-state index contributed by atoms with van der Waals surface area (Å²) < 4.78 is 25.6. The highest BCUT2D eigenvalue weighted by Crippen LogP contribution is 2.33. The number of halogens is 1. The number of hydrogen-bond donors (Lipinski definition) is 1. The number of nitrogens with one attached hydrogen (secondary N) is 1. The first-order valence-electron chi connectivity index (χ1n) is 11.9. The molecule has 0 spiro atoms. The van der Waals surface area contributed by atoms with Crippen molar-refractivity contribution in [1.82, 2.24) is 10.2 Å². The number of anilines is 2. The second-order valence-electron chi connectivity index (χ2n) is 9.06. The molecule has 3 saturated heterocycles. The number of benzene rings is 1. The molecule has 1 N–H and O–H groups in total. The predicted molar refractivity (Wildman–Crippen MR) is 124 cm³/mol. The maximum atomic E-state index is 15.1. The Labute approximate surface area is 203 Å². The summed E-state index contributed by atoms with van der Waals surface area (Å²) in [5.41, 5.74) is 0.805. The van der Waals surface area contributed by atoms with E-state index in [0.29, 0.717) is 63.6 Å². The van der Waals surface area contributed by atoms with Gasteiger partial charge in [-0.05, 0) is 37.0 Å². The molecular formula is C24H30FN5O5. The molecule has 4 rings (SSSR count). The van der Waals surface area contributed by atoms with Crippen molar-refractivity contribution in [2.75, 3.05) is 62.3 Å². The maximum Gasteiger partial charge on any atom is 0.414 e. The summed E-state index contributed by atoms with van der Waals surface area (Å²) in [4.78, 5) is 41.1. The summed E-state index contributed by atoms with van der Waals surface area (Å²) in [5.74, 6) is -1.59. The largest absolute Gasteiger partial charge is 0.442 e. The number of hydrogen-bond acceptors (Lipinski definition) is 7. The van der Waals surface area contributed by atoms with Crippen LogP contribution in [0.25, 0.3) is 0 Å². The van der Waals surface area contributed by atoms with Crippen LogP contribution in [0, 0.1) is 29.0 Å². The van der Waals surface area contributed by atoms with E-state index in [9.17, 15) is 19.6 Å². The SMILES string of the molecule is CC(=O)NC[C@H]1CN(c2ccc(N3CCC(C(C#N)C(=O)N4CCOCC4)CC3)c(F)c2)C(=O)O1. The van der Waals surface area contributed by atoms with Crippen LogP contribution in [0.2, 0.25) is 0 Å². The fourth-order valence-electron chi connectivity index (χ4n) is 4.83. The number of amides is 3. The molecule has 0 radical (unpaired) electrons. The van der Waals surface area contributed by atoms with Gasteiger partial charge in [0.05, 0.1) is 43.7 Å². The summed E-state index contributed by atoms with van der Waals surface area (Å²) >= 11 is 0. The van der Waals surface area contributed by atoms with E-state index >= 15 is 4.39 Å². The van der Waals surface area contributed by atoms with E-state index in [1.54, 1.807) is 17.0 Å². The van der Waals surface area contributed by atoms with Crippen molar-refractivity contribution in [3.8, 4) is 6.07 Å². The van der Waals surface area contributed by atoms with Crippen LogP contribution in [0.4, 0.5) is 20.6 Å². The number of morpholine rings is 1. The first kappa shape index (κ1) is 24.7. The number of carbonyl (C=O) groups is 3. The minimum atomic E-state index is -0.700. The lowest BCUT2D eigenvalue weighted by Crippen LogP contribution is -2.47. The van der Waals surface area contributed by atoms with Crippen LogP contribution in [0.15, 0.2) is 18.2 Å². The van der Waals surface area contributed by atoms with Gasteiger partial charge in [0.2, 0.25) is 11.8 Å². The standard InChI is InChI=1S/C24H30FN5O5/c1-16(31)27-14-19-15-30(24(33)35-19)18-2-3-22(21(25)12-18)28-6-4-17(5-7-28)20(13-26)23(32)29-8-10-34-11-9-29/h2-3,12,17,19-20H,4-11,14-15H2,1H3,(H,27,31)/t19-,20?/m0/s1. The lowest BCUT2D eigenvalue weighted by molar-refractivity contribution is -0.139. The van der Waals surface area contributed by atoms with Crippen LogP contribution in [-0.4, -0.2) is 81.4 Å². The number of cyclic esters (lactones) is 1. The van der Waals surface area contributed by atoms with Crippen LogP contribution in [0.1, 0.15) is 19.8 Å². The highest BCUT2D eigenvalue weighted by molar-refractivity contribution is 5.90. The van der Waals surface area contributed by atoms with E-state index in [-0.39, 0.29) is 30.8 Å². The van der Waals surface area contributed by atoms with Gasteiger partial charge in [-0.15, -0.1) is 0 Å². The zero-order chi connectivity index (χ0) is 24.9. The van der Waals surface area contributed by atoms with Gasteiger partial charge in [0.25, 0.3) is 0 Å². The van der Waals surface area contributed by atoms with Gasteiger partial charge in [0.1, 0.15) is 17.8 Å². The molecule has 10 nitrogen and oxygen atoms in total. The molecule has 11 heteroatoms. The molecule has 35 heavy (non-hydrogen) atoms. The molecule has 2 atom stereocenters. The third kappa shape index (κ3) is 5.65. The van der Waals surface area contributed by atoms with E-state index in [1.165, 1.54) is 17.9 Å². The van der Waals surface area contributed by atoms with Gasteiger partial charge in [0.15, 0.2) is 0 Å². The molecule has 3 fully saturated rings. The van der Waals surface area contributed by atoms with Gasteiger partial charge in [-0.1, -0.05) is 0 Å². The Morgan fingerprint density at radius 3 is 2.57 bits per heavy atom. The van der Waals surface area contributed by atoms with Crippen LogP contribution < -0.4 is 15.1 Å². The van der Waals surface area contributed by atoms with Crippen molar-refractivity contribution in [1.29, 1.82) is 5.26 Å². The normalized spacial score (nSPS) is 21.9.